The van der Waals surface area contributed by atoms with E-state index in [2.05, 4.69) is 26.8 Å². The summed E-state index contributed by atoms with van der Waals surface area (Å²) in [6.07, 6.45) is 0.705. The number of ether oxygens (including phenoxy) is 2. The monoisotopic (exact) mass is 502 g/mol. The maximum atomic E-state index is 12.6. The zero-order valence-corrected chi connectivity index (χ0v) is 18.8. The van der Waals surface area contributed by atoms with E-state index < -0.39 is 11.8 Å². The van der Waals surface area contributed by atoms with Gasteiger partial charge in [-0.05, 0) is 48.0 Å². The Labute approximate surface area is 193 Å². The largest absolute Gasteiger partial charge is 0.492 e. The summed E-state index contributed by atoms with van der Waals surface area (Å²) in [6, 6.07) is 21.6. The molecule has 0 aliphatic heterocycles. The van der Waals surface area contributed by atoms with Crippen molar-refractivity contribution in [2.24, 2.45) is 0 Å². The molecule has 0 atom stereocenters. The SMILES string of the molecule is O=C(COc1ccc(Cl)cc1)NNC(=O)c1cc(Br)ccc1OCCc1ccccc1. The molecule has 3 rings (SSSR count). The van der Waals surface area contributed by atoms with Gasteiger partial charge >= 0.3 is 0 Å². The minimum atomic E-state index is -0.509. The average molecular weight is 504 g/mol. The summed E-state index contributed by atoms with van der Waals surface area (Å²) in [4.78, 5) is 24.6. The van der Waals surface area contributed by atoms with Crippen molar-refractivity contribution in [1.82, 2.24) is 10.9 Å². The van der Waals surface area contributed by atoms with Crippen LogP contribution in [0.1, 0.15) is 15.9 Å². The van der Waals surface area contributed by atoms with Crippen LogP contribution in [0.5, 0.6) is 11.5 Å². The molecule has 0 fully saturated rings. The van der Waals surface area contributed by atoms with E-state index >= 15 is 0 Å². The Morgan fingerprint density at radius 3 is 2.39 bits per heavy atom. The van der Waals surface area contributed by atoms with E-state index in [1.807, 2.05) is 30.3 Å². The highest BCUT2D eigenvalue weighted by Gasteiger charge is 2.15. The topological polar surface area (TPSA) is 76.7 Å². The first-order valence-electron chi connectivity index (χ1n) is 9.45. The molecule has 160 valence electrons. The quantitative estimate of drug-likeness (QED) is 0.442. The van der Waals surface area contributed by atoms with Gasteiger partial charge in [-0.3, -0.25) is 20.4 Å². The first-order valence-corrected chi connectivity index (χ1v) is 10.6. The number of nitrogens with one attached hydrogen (secondary N) is 2. The van der Waals surface area contributed by atoms with Crippen molar-refractivity contribution in [3.05, 3.63) is 93.4 Å². The van der Waals surface area contributed by atoms with Crippen molar-refractivity contribution in [3.8, 4) is 11.5 Å². The van der Waals surface area contributed by atoms with E-state index in [1.54, 1.807) is 42.5 Å². The first kappa shape index (κ1) is 22.7. The van der Waals surface area contributed by atoms with Crippen LogP contribution in [-0.4, -0.2) is 25.0 Å². The lowest BCUT2D eigenvalue weighted by atomic mass is 10.1. The molecular formula is C23H20BrClN2O4. The molecule has 3 aromatic rings. The van der Waals surface area contributed by atoms with Crippen molar-refractivity contribution in [2.75, 3.05) is 13.2 Å². The van der Waals surface area contributed by atoms with Gasteiger partial charge < -0.3 is 9.47 Å². The van der Waals surface area contributed by atoms with Gasteiger partial charge in [-0.25, -0.2) is 0 Å². The highest BCUT2D eigenvalue weighted by atomic mass is 79.9. The maximum Gasteiger partial charge on any atom is 0.276 e. The van der Waals surface area contributed by atoms with Crippen LogP contribution in [0.25, 0.3) is 0 Å². The molecule has 0 aromatic heterocycles. The lowest BCUT2D eigenvalue weighted by molar-refractivity contribution is -0.123. The van der Waals surface area contributed by atoms with Gasteiger partial charge in [0.2, 0.25) is 0 Å². The predicted octanol–water partition coefficient (Wildman–Crippen LogP) is 4.56. The number of amides is 2. The normalized spacial score (nSPS) is 10.3. The molecule has 0 aliphatic carbocycles. The molecule has 0 unspecified atom stereocenters. The first-order chi connectivity index (χ1) is 15.0. The second-order valence-electron chi connectivity index (χ2n) is 6.47. The zero-order chi connectivity index (χ0) is 22.1. The fourth-order valence-corrected chi connectivity index (χ4v) is 3.13. The smallest absolute Gasteiger partial charge is 0.276 e. The second kappa shape index (κ2) is 11.4. The molecule has 2 N–H and O–H groups in total. The number of hydrogen-bond acceptors (Lipinski definition) is 4. The van der Waals surface area contributed by atoms with E-state index in [4.69, 9.17) is 21.1 Å². The van der Waals surface area contributed by atoms with E-state index in [1.165, 1.54) is 0 Å². The summed E-state index contributed by atoms with van der Waals surface area (Å²) >= 11 is 9.16. The molecular weight excluding hydrogens is 484 g/mol. The van der Waals surface area contributed by atoms with Gasteiger partial charge in [0.15, 0.2) is 6.61 Å². The second-order valence-corrected chi connectivity index (χ2v) is 7.82. The van der Waals surface area contributed by atoms with Crippen LogP contribution in [0.3, 0.4) is 0 Å². The van der Waals surface area contributed by atoms with E-state index in [-0.39, 0.29) is 6.61 Å². The number of hydrazine groups is 1. The van der Waals surface area contributed by atoms with Gasteiger partial charge in [-0.1, -0.05) is 57.9 Å². The number of hydrogen-bond donors (Lipinski definition) is 2. The molecule has 0 aliphatic rings. The zero-order valence-electron chi connectivity index (χ0n) is 16.4. The van der Waals surface area contributed by atoms with Crippen molar-refractivity contribution in [3.63, 3.8) is 0 Å². The third-order valence-corrected chi connectivity index (χ3v) is 4.92. The Morgan fingerprint density at radius 1 is 0.903 bits per heavy atom. The molecule has 0 heterocycles. The van der Waals surface area contributed by atoms with Gasteiger partial charge in [0.25, 0.3) is 11.8 Å². The van der Waals surface area contributed by atoms with Gasteiger partial charge in [0.1, 0.15) is 11.5 Å². The van der Waals surface area contributed by atoms with Crippen LogP contribution in [0.2, 0.25) is 5.02 Å². The van der Waals surface area contributed by atoms with Crippen LogP contribution < -0.4 is 20.3 Å². The molecule has 0 saturated carbocycles. The summed E-state index contributed by atoms with van der Waals surface area (Å²) in [5, 5.41) is 0.569. The summed E-state index contributed by atoms with van der Waals surface area (Å²) in [6.45, 7) is 0.147. The van der Waals surface area contributed by atoms with E-state index in [0.717, 1.165) is 5.56 Å². The molecule has 0 bridgehead atoms. The van der Waals surface area contributed by atoms with Crippen LogP contribution >= 0.6 is 27.5 Å². The summed E-state index contributed by atoms with van der Waals surface area (Å²) in [7, 11) is 0. The summed E-state index contributed by atoms with van der Waals surface area (Å²) < 4.78 is 11.9. The lowest BCUT2D eigenvalue weighted by Gasteiger charge is -2.13. The molecule has 0 radical (unpaired) electrons. The molecule has 0 saturated heterocycles. The highest BCUT2D eigenvalue weighted by molar-refractivity contribution is 9.10. The van der Waals surface area contributed by atoms with Crippen LogP contribution in [-0.2, 0) is 11.2 Å². The van der Waals surface area contributed by atoms with Crippen molar-refractivity contribution >= 4 is 39.3 Å². The Hall–Kier alpha value is -3.03. The van der Waals surface area contributed by atoms with Gasteiger partial charge in [0, 0.05) is 15.9 Å². The van der Waals surface area contributed by atoms with Crippen LogP contribution in [0, 0.1) is 0 Å². The van der Waals surface area contributed by atoms with E-state index in [9.17, 15) is 9.59 Å². The van der Waals surface area contributed by atoms with Gasteiger partial charge in [-0.15, -0.1) is 0 Å². The third kappa shape index (κ3) is 7.31. The number of carbonyl (C=O) groups is 2. The fourth-order valence-electron chi connectivity index (χ4n) is 2.64. The lowest BCUT2D eigenvalue weighted by Crippen LogP contribution is -2.44. The Balaban J connectivity index is 1.52. The van der Waals surface area contributed by atoms with Crippen molar-refractivity contribution in [1.29, 1.82) is 0 Å². The van der Waals surface area contributed by atoms with E-state index in [0.29, 0.717) is 39.6 Å². The average Bonchev–Trinajstić information content (AvgIpc) is 2.78. The standard InChI is InChI=1S/C23H20BrClN2O4/c24-17-6-11-21(30-13-12-16-4-2-1-3-5-16)20(14-17)23(29)27-26-22(28)15-31-19-9-7-18(25)8-10-19/h1-11,14H,12-13,15H2,(H,26,28)(H,27,29). The number of rotatable bonds is 8. The summed E-state index contributed by atoms with van der Waals surface area (Å²) in [5.74, 6) is -0.101. The molecule has 0 spiro atoms. The van der Waals surface area contributed by atoms with Crippen LogP contribution in [0.4, 0.5) is 0 Å². The third-order valence-electron chi connectivity index (χ3n) is 4.18. The van der Waals surface area contributed by atoms with Gasteiger partial charge in [0.05, 0.1) is 12.2 Å². The van der Waals surface area contributed by atoms with Crippen molar-refractivity contribution in [2.45, 2.75) is 6.42 Å². The predicted molar refractivity (Wildman–Crippen MR) is 122 cm³/mol. The number of carbonyl (C=O) groups excluding carboxylic acids is 2. The molecule has 3 aromatic carbocycles. The Bertz CT molecular complexity index is 1030. The molecule has 6 nitrogen and oxygen atoms in total. The minimum Gasteiger partial charge on any atom is -0.492 e. The fraction of sp³-hybridized carbons (Fsp3) is 0.130. The summed E-state index contributed by atoms with van der Waals surface area (Å²) in [5.41, 5.74) is 6.14. The van der Waals surface area contributed by atoms with Crippen LogP contribution in [0.15, 0.2) is 77.3 Å². The minimum absolute atomic E-state index is 0.263. The maximum absolute atomic E-state index is 12.6. The Morgan fingerprint density at radius 2 is 1.65 bits per heavy atom. The number of benzene rings is 3. The van der Waals surface area contributed by atoms with Crippen molar-refractivity contribution < 1.29 is 19.1 Å². The molecule has 31 heavy (non-hydrogen) atoms. The Kier molecular flexibility index (Phi) is 8.32. The molecule has 2 amide bonds. The highest BCUT2D eigenvalue weighted by Crippen LogP contribution is 2.23. The van der Waals surface area contributed by atoms with Gasteiger partial charge in [-0.2, -0.15) is 0 Å². The number of halogens is 2. The molecule has 8 heteroatoms.